The van der Waals surface area contributed by atoms with Crippen LogP contribution in [0.25, 0.3) is 0 Å². The van der Waals surface area contributed by atoms with Gasteiger partial charge in [-0.1, -0.05) is 18.2 Å². The van der Waals surface area contributed by atoms with E-state index >= 15 is 0 Å². The highest BCUT2D eigenvalue weighted by Crippen LogP contribution is 2.67. The molecule has 11 heteroatoms. The van der Waals surface area contributed by atoms with E-state index in [-0.39, 0.29) is 0 Å². The van der Waals surface area contributed by atoms with Crippen molar-refractivity contribution in [2.24, 2.45) is 0 Å². The minimum Gasteiger partial charge on any atom is -0.493 e. The van der Waals surface area contributed by atoms with E-state index in [0.29, 0.717) is 24.5 Å². The molecule has 1 aromatic carbocycles. The fourth-order valence-corrected chi connectivity index (χ4v) is 7.19. The summed E-state index contributed by atoms with van der Waals surface area (Å²) in [7, 11) is -11.6. The predicted molar refractivity (Wildman–Crippen MR) is 88.6 cm³/mol. The second-order valence-corrected chi connectivity index (χ2v) is 11.3. The van der Waals surface area contributed by atoms with Crippen molar-refractivity contribution in [2.45, 2.75) is 11.5 Å². The molecule has 23 heavy (non-hydrogen) atoms. The lowest BCUT2D eigenvalue weighted by molar-refractivity contribution is 0.149. The minimum atomic E-state index is -5.38. The Bertz CT molecular complexity index is 562. The van der Waals surface area contributed by atoms with Gasteiger partial charge in [-0.25, -0.2) is 0 Å². The van der Waals surface area contributed by atoms with Crippen LogP contribution in [0.15, 0.2) is 30.3 Å². The summed E-state index contributed by atoms with van der Waals surface area (Å²) < 4.78 is 28.0. The average molecular weight is 387 g/mol. The number of para-hydroxylation sites is 1. The molecule has 0 heterocycles. The normalized spacial score (nSPS) is 14.5. The Labute approximate surface area is 137 Å². The SMILES string of the molecule is C[S+](CCCOc1ccccc1)CC(O)(P(=O)(O)O)P(=O)(O)O. The molecule has 0 aliphatic rings. The first kappa shape index (κ1) is 20.7. The van der Waals surface area contributed by atoms with Crippen LogP contribution in [-0.2, 0) is 20.0 Å². The van der Waals surface area contributed by atoms with Gasteiger partial charge in [-0.05, 0) is 23.0 Å². The first-order valence-corrected chi connectivity index (χ1v) is 11.8. The topological polar surface area (TPSA) is 145 Å². The summed E-state index contributed by atoms with van der Waals surface area (Å²) in [6, 6.07) is 9.05. The van der Waals surface area contributed by atoms with Crippen molar-refractivity contribution >= 4 is 26.1 Å². The molecular weight excluding hydrogens is 366 g/mol. The van der Waals surface area contributed by atoms with Crippen LogP contribution in [-0.4, -0.2) is 54.1 Å². The van der Waals surface area contributed by atoms with Crippen LogP contribution in [0.5, 0.6) is 5.75 Å². The Morgan fingerprint density at radius 2 is 1.61 bits per heavy atom. The molecule has 0 saturated carbocycles. The van der Waals surface area contributed by atoms with Gasteiger partial charge < -0.3 is 29.4 Å². The van der Waals surface area contributed by atoms with Crippen LogP contribution < -0.4 is 4.74 Å². The fourth-order valence-electron chi connectivity index (χ4n) is 1.75. The third-order valence-corrected chi connectivity index (χ3v) is 9.09. The monoisotopic (exact) mass is 387 g/mol. The summed E-state index contributed by atoms with van der Waals surface area (Å²) >= 11 is 0. The van der Waals surface area contributed by atoms with Gasteiger partial charge in [0.25, 0.3) is 0 Å². The summed E-state index contributed by atoms with van der Waals surface area (Å²) in [6.07, 6.45) is 2.10. The molecule has 8 nitrogen and oxygen atoms in total. The number of hydrogen-bond acceptors (Lipinski definition) is 4. The standard InChI is InChI=1S/C12H20O8P2S/c1-23(9-5-8-20-11-6-3-2-4-7-11)10-12(13,21(14,15)16)22(17,18)19/h2-4,6-7,13H,5,8-10H2,1H3,(H3-,14,15,16,17,18,19)/p+1. The largest absolute Gasteiger partial charge is 0.493 e. The molecular formula is C12H21O8P2S+. The summed E-state index contributed by atoms with van der Waals surface area (Å²) in [6.45, 7) is 0.353. The Kier molecular flexibility index (Phi) is 7.32. The molecule has 0 aliphatic heterocycles. The Balaban J connectivity index is 2.53. The molecule has 1 unspecified atom stereocenters. The zero-order valence-corrected chi connectivity index (χ0v) is 15.1. The zero-order valence-electron chi connectivity index (χ0n) is 12.5. The first-order valence-electron chi connectivity index (χ1n) is 6.58. The van der Waals surface area contributed by atoms with Crippen molar-refractivity contribution in [3.8, 4) is 5.75 Å². The fraction of sp³-hybridized carbons (Fsp3) is 0.500. The molecule has 0 radical (unpaired) electrons. The Morgan fingerprint density at radius 3 is 2.09 bits per heavy atom. The molecule has 0 aliphatic carbocycles. The highest BCUT2D eigenvalue weighted by atomic mass is 32.2. The summed E-state index contributed by atoms with van der Waals surface area (Å²) in [5.74, 6) is 0.424. The lowest BCUT2D eigenvalue weighted by Crippen LogP contribution is -2.37. The number of hydrogen-bond donors (Lipinski definition) is 5. The molecule has 5 N–H and O–H groups in total. The minimum absolute atomic E-state index is 0.353. The van der Waals surface area contributed by atoms with Gasteiger partial charge in [0.1, 0.15) is 11.5 Å². The van der Waals surface area contributed by atoms with Gasteiger partial charge in [0, 0.05) is 6.42 Å². The number of aliphatic hydroxyl groups is 1. The number of benzene rings is 1. The van der Waals surface area contributed by atoms with E-state index in [1.165, 1.54) is 0 Å². The molecule has 0 saturated heterocycles. The van der Waals surface area contributed by atoms with E-state index in [1.54, 1.807) is 18.4 Å². The van der Waals surface area contributed by atoms with Crippen molar-refractivity contribution in [3.05, 3.63) is 30.3 Å². The molecule has 0 amide bonds. The highest BCUT2D eigenvalue weighted by Gasteiger charge is 2.62. The van der Waals surface area contributed by atoms with Gasteiger partial charge in [0.2, 0.25) is 0 Å². The second-order valence-electron chi connectivity index (χ2n) is 5.01. The summed E-state index contributed by atoms with van der Waals surface area (Å²) in [4.78, 5) is 36.4. The predicted octanol–water partition coefficient (Wildman–Crippen LogP) is 0.705. The maximum absolute atomic E-state index is 11.3. The van der Waals surface area contributed by atoms with E-state index in [4.69, 9.17) is 24.3 Å². The maximum Gasteiger partial charge on any atom is 0.374 e. The smallest absolute Gasteiger partial charge is 0.374 e. The van der Waals surface area contributed by atoms with Crippen molar-refractivity contribution in [1.29, 1.82) is 0 Å². The maximum atomic E-state index is 11.3. The third kappa shape index (κ3) is 5.89. The van der Waals surface area contributed by atoms with Gasteiger partial charge in [0.05, 0.1) is 12.9 Å². The third-order valence-electron chi connectivity index (χ3n) is 3.02. The molecule has 1 aromatic rings. The molecule has 0 aromatic heterocycles. The van der Waals surface area contributed by atoms with Crippen molar-refractivity contribution in [3.63, 3.8) is 0 Å². The lowest BCUT2D eigenvalue weighted by Gasteiger charge is -2.27. The highest BCUT2D eigenvalue weighted by molar-refractivity contribution is 7.97. The van der Waals surface area contributed by atoms with Crippen LogP contribution in [0.4, 0.5) is 0 Å². The number of rotatable bonds is 9. The van der Waals surface area contributed by atoms with Crippen molar-refractivity contribution in [2.75, 3.05) is 24.4 Å². The van der Waals surface area contributed by atoms with Crippen LogP contribution >= 0.6 is 15.2 Å². The molecule has 1 atom stereocenters. The van der Waals surface area contributed by atoms with E-state index in [1.807, 2.05) is 18.2 Å². The van der Waals surface area contributed by atoms with Crippen molar-refractivity contribution < 1.29 is 38.5 Å². The van der Waals surface area contributed by atoms with Gasteiger partial charge >= 0.3 is 20.3 Å². The van der Waals surface area contributed by atoms with Gasteiger partial charge in [-0.15, -0.1) is 0 Å². The van der Waals surface area contributed by atoms with Gasteiger partial charge in [0.15, 0.2) is 5.75 Å². The van der Waals surface area contributed by atoms with E-state index in [0.717, 1.165) is 0 Å². The summed E-state index contributed by atoms with van der Waals surface area (Å²) in [5.41, 5.74) is 0. The number of ether oxygens (including phenoxy) is 1. The molecule has 0 fully saturated rings. The first-order chi connectivity index (χ1) is 10.5. The van der Waals surface area contributed by atoms with Crippen LogP contribution in [0.2, 0.25) is 0 Å². The van der Waals surface area contributed by atoms with Crippen molar-refractivity contribution in [1.82, 2.24) is 0 Å². The van der Waals surface area contributed by atoms with Gasteiger partial charge in [-0.3, -0.25) is 9.13 Å². The molecule has 0 bridgehead atoms. The average Bonchev–Trinajstić information content (AvgIpc) is 2.42. The molecule has 0 spiro atoms. The van der Waals surface area contributed by atoms with Crippen LogP contribution in [0.1, 0.15) is 6.42 Å². The van der Waals surface area contributed by atoms with Gasteiger partial charge in [-0.2, -0.15) is 0 Å². The lowest BCUT2D eigenvalue weighted by atomic mass is 10.3. The Morgan fingerprint density at radius 1 is 1.09 bits per heavy atom. The summed E-state index contributed by atoms with van der Waals surface area (Å²) in [5, 5.41) is 6.50. The van der Waals surface area contributed by atoms with Crippen LogP contribution in [0, 0.1) is 0 Å². The van der Waals surface area contributed by atoms with Crippen LogP contribution in [0.3, 0.4) is 0 Å². The van der Waals surface area contributed by atoms with E-state index in [9.17, 15) is 14.2 Å². The second kappa shape index (κ2) is 8.14. The Hall–Kier alpha value is -0.370. The zero-order chi connectivity index (χ0) is 17.7. The quantitative estimate of drug-likeness (QED) is 0.237. The molecule has 1 rings (SSSR count). The van der Waals surface area contributed by atoms with E-state index < -0.39 is 36.9 Å². The molecule has 132 valence electrons. The van der Waals surface area contributed by atoms with E-state index in [2.05, 4.69) is 0 Å².